The van der Waals surface area contributed by atoms with Crippen LogP contribution in [0.1, 0.15) is 38.5 Å². The third-order valence-electron chi connectivity index (χ3n) is 4.46. The van der Waals surface area contributed by atoms with Gasteiger partial charge in [-0.2, -0.15) is 0 Å². The number of halogens is 1. The monoisotopic (exact) mass is 455 g/mol. The lowest BCUT2D eigenvalue weighted by molar-refractivity contribution is 0.0203. The van der Waals surface area contributed by atoms with Gasteiger partial charge in [0, 0.05) is 53.2 Å². The Morgan fingerprint density at radius 2 is 1.92 bits per heavy atom. The molecular formula is C17H34IN3O3. The van der Waals surface area contributed by atoms with Gasteiger partial charge in [0.1, 0.15) is 0 Å². The summed E-state index contributed by atoms with van der Waals surface area (Å²) in [5, 5.41) is 6.67. The average Bonchev–Trinajstić information content (AvgIpc) is 3.10. The van der Waals surface area contributed by atoms with E-state index >= 15 is 0 Å². The molecule has 0 amide bonds. The van der Waals surface area contributed by atoms with Crippen LogP contribution in [-0.4, -0.2) is 65.2 Å². The molecule has 2 rings (SSSR count). The number of nitrogens with zero attached hydrogens (tertiary/aromatic N) is 1. The maximum absolute atomic E-state index is 5.76. The Kier molecular flexibility index (Phi) is 12.9. The summed E-state index contributed by atoms with van der Waals surface area (Å²) < 4.78 is 16.7. The van der Waals surface area contributed by atoms with Crippen molar-refractivity contribution in [3.63, 3.8) is 0 Å². The molecule has 24 heavy (non-hydrogen) atoms. The summed E-state index contributed by atoms with van der Waals surface area (Å²) >= 11 is 0. The fourth-order valence-corrected chi connectivity index (χ4v) is 2.99. The van der Waals surface area contributed by atoms with Gasteiger partial charge in [-0.25, -0.2) is 0 Å². The topological polar surface area (TPSA) is 64.1 Å². The highest BCUT2D eigenvalue weighted by atomic mass is 127. The maximum Gasteiger partial charge on any atom is 0.190 e. The van der Waals surface area contributed by atoms with Crippen LogP contribution in [0, 0.1) is 5.92 Å². The molecule has 2 saturated heterocycles. The van der Waals surface area contributed by atoms with E-state index in [2.05, 4.69) is 15.6 Å². The molecule has 2 aliphatic rings. The predicted molar refractivity (Wildman–Crippen MR) is 107 cm³/mol. The van der Waals surface area contributed by atoms with Gasteiger partial charge >= 0.3 is 0 Å². The molecule has 0 aromatic rings. The van der Waals surface area contributed by atoms with Crippen molar-refractivity contribution in [3.05, 3.63) is 0 Å². The zero-order valence-electron chi connectivity index (χ0n) is 14.9. The number of guanidine groups is 1. The smallest absolute Gasteiger partial charge is 0.190 e. The number of nitrogens with one attached hydrogen (secondary N) is 2. The number of hydrogen-bond acceptors (Lipinski definition) is 4. The zero-order valence-corrected chi connectivity index (χ0v) is 17.3. The highest BCUT2D eigenvalue weighted by molar-refractivity contribution is 14.0. The van der Waals surface area contributed by atoms with Crippen molar-refractivity contribution in [2.45, 2.75) is 44.6 Å². The molecule has 0 radical (unpaired) electrons. The Labute approximate surface area is 163 Å². The normalized spacial score (nSPS) is 22.2. The standard InChI is InChI=1S/C17H33N3O3.HI/c1-18-17(20-9-5-16-4-2-11-23-16)19-8-3-10-22-14-15-6-12-21-13-7-15;/h15-16H,2-14H2,1H3,(H2,18,19,20);1H. The quantitative estimate of drug-likeness (QED) is 0.242. The summed E-state index contributed by atoms with van der Waals surface area (Å²) in [6.45, 7) is 6.17. The maximum atomic E-state index is 5.76. The van der Waals surface area contributed by atoms with Gasteiger partial charge in [-0.3, -0.25) is 4.99 Å². The molecule has 142 valence electrons. The van der Waals surface area contributed by atoms with Gasteiger partial charge in [0.25, 0.3) is 0 Å². The Hall–Kier alpha value is -0.120. The molecular weight excluding hydrogens is 421 g/mol. The van der Waals surface area contributed by atoms with E-state index in [1.807, 2.05) is 7.05 Å². The molecule has 2 N–H and O–H groups in total. The minimum atomic E-state index is 0. The number of rotatable bonds is 9. The molecule has 2 fully saturated rings. The molecule has 1 unspecified atom stereocenters. The van der Waals surface area contributed by atoms with Crippen LogP contribution >= 0.6 is 24.0 Å². The van der Waals surface area contributed by atoms with Gasteiger partial charge in [-0.15, -0.1) is 24.0 Å². The van der Waals surface area contributed by atoms with Crippen LogP contribution in [0.2, 0.25) is 0 Å². The van der Waals surface area contributed by atoms with E-state index in [1.54, 1.807) is 0 Å². The molecule has 2 heterocycles. The molecule has 7 heteroatoms. The summed E-state index contributed by atoms with van der Waals surface area (Å²) in [7, 11) is 1.81. The lowest BCUT2D eigenvalue weighted by Crippen LogP contribution is -2.39. The minimum Gasteiger partial charge on any atom is -0.381 e. The highest BCUT2D eigenvalue weighted by Crippen LogP contribution is 2.15. The van der Waals surface area contributed by atoms with Crippen molar-refractivity contribution in [1.29, 1.82) is 0 Å². The number of ether oxygens (including phenoxy) is 3. The van der Waals surface area contributed by atoms with Crippen molar-refractivity contribution in [3.8, 4) is 0 Å². The fraction of sp³-hybridized carbons (Fsp3) is 0.941. The van der Waals surface area contributed by atoms with Crippen molar-refractivity contribution in [2.75, 3.05) is 53.2 Å². The molecule has 0 aromatic heterocycles. The van der Waals surface area contributed by atoms with E-state index in [9.17, 15) is 0 Å². The van der Waals surface area contributed by atoms with Crippen LogP contribution < -0.4 is 10.6 Å². The van der Waals surface area contributed by atoms with Crippen LogP contribution in [-0.2, 0) is 14.2 Å². The fourth-order valence-electron chi connectivity index (χ4n) is 2.99. The summed E-state index contributed by atoms with van der Waals surface area (Å²) in [4.78, 5) is 4.24. The molecule has 0 aliphatic carbocycles. The van der Waals surface area contributed by atoms with Crippen LogP contribution in [0.25, 0.3) is 0 Å². The molecule has 1 atom stereocenters. The lowest BCUT2D eigenvalue weighted by atomic mass is 10.0. The predicted octanol–water partition coefficient (Wildman–Crippen LogP) is 2.17. The summed E-state index contributed by atoms with van der Waals surface area (Å²) in [5.41, 5.74) is 0. The second-order valence-corrected chi connectivity index (χ2v) is 6.33. The second kappa shape index (κ2) is 14.1. The van der Waals surface area contributed by atoms with E-state index < -0.39 is 0 Å². The largest absolute Gasteiger partial charge is 0.381 e. The van der Waals surface area contributed by atoms with Crippen molar-refractivity contribution in [1.82, 2.24) is 10.6 Å². The molecule has 0 spiro atoms. The Bertz CT molecular complexity index is 333. The number of aliphatic imine (C=N–C) groups is 1. The highest BCUT2D eigenvalue weighted by Gasteiger charge is 2.15. The third kappa shape index (κ3) is 9.39. The SMILES string of the molecule is CN=C(NCCCOCC1CCOCC1)NCCC1CCCO1.I. The molecule has 2 aliphatic heterocycles. The molecule has 0 saturated carbocycles. The first kappa shape index (κ1) is 21.9. The first-order valence-electron chi connectivity index (χ1n) is 9.10. The lowest BCUT2D eigenvalue weighted by Gasteiger charge is -2.21. The van der Waals surface area contributed by atoms with Crippen molar-refractivity contribution in [2.24, 2.45) is 10.9 Å². The minimum absolute atomic E-state index is 0. The van der Waals surface area contributed by atoms with Gasteiger partial charge in [0.15, 0.2) is 5.96 Å². The summed E-state index contributed by atoms with van der Waals surface area (Å²) in [6.07, 6.45) is 7.15. The van der Waals surface area contributed by atoms with Crippen LogP contribution in [0.15, 0.2) is 4.99 Å². The van der Waals surface area contributed by atoms with Gasteiger partial charge in [0.2, 0.25) is 0 Å². The van der Waals surface area contributed by atoms with Gasteiger partial charge in [-0.05, 0) is 44.4 Å². The van der Waals surface area contributed by atoms with E-state index in [-0.39, 0.29) is 24.0 Å². The van der Waals surface area contributed by atoms with Gasteiger partial charge in [0.05, 0.1) is 6.10 Å². The first-order chi connectivity index (χ1) is 11.4. The zero-order chi connectivity index (χ0) is 16.2. The average molecular weight is 455 g/mol. The molecule has 0 aromatic carbocycles. The van der Waals surface area contributed by atoms with Crippen molar-refractivity contribution < 1.29 is 14.2 Å². The third-order valence-corrected chi connectivity index (χ3v) is 4.46. The Balaban J connectivity index is 0.00000288. The van der Waals surface area contributed by atoms with Crippen LogP contribution in [0.4, 0.5) is 0 Å². The van der Waals surface area contributed by atoms with Gasteiger partial charge in [-0.1, -0.05) is 0 Å². The van der Waals surface area contributed by atoms with E-state index in [0.717, 1.165) is 77.8 Å². The summed E-state index contributed by atoms with van der Waals surface area (Å²) in [6, 6.07) is 0. The van der Waals surface area contributed by atoms with Gasteiger partial charge < -0.3 is 24.8 Å². The van der Waals surface area contributed by atoms with E-state index in [1.165, 1.54) is 12.8 Å². The number of hydrogen-bond donors (Lipinski definition) is 2. The van der Waals surface area contributed by atoms with E-state index in [0.29, 0.717) is 12.0 Å². The molecule has 0 bridgehead atoms. The Morgan fingerprint density at radius 1 is 1.12 bits per heavy atom. The second-order valence-electron chi connectivity index (χ2n) is 6.33. The first-order valence-corrected chi connectivity index (χ1v) is 9.10. The van der Waals surface area contributed by atoms with E-state index in [4.69, 9.17) is 14.2 Å². The van der Waals surface area contributed by atoms with Crippen molar-refractivity contribution >= 4 is 29.9 Å². The van der Waals surface area contributed by atoms with Crippen LogP contribution in [0.5, 0.6) is 0 Å². The molecule has 6 nitrogen and oxygen atoms in total. The summed E-state index contributed by atoms with van der Waals surface area (Å²) in [5.74, 6) is 1.55. The Morgan fingerprint density at radius 3 is 2.62 bits per heavy atom. The van der Waals surface area contributed by atoms with Crippen LogP contribution in [0.3, 0.4) is 0 Å².